The Morgan fingerprint density at radius 1 is 1.36 bits per heavy atom. The molecule has 0 bridgehead atoms. The molecule has 1 heterocycles. The highest BCUT2D eigenvalue weighted by Crippen LogP contribution is 2.34. The number of hydrogen-bond acceptors (Lipinski definition) is 3. The van der Waals surface area contributed by atoms with Crippen LogP contribution in [0.5, 0.6) is 0 Å². The van der Waals surface area contributed by atoms with E-state index in [2.05, 4.69) is 5.32 Å². The molecular weight excluding hydrogens is 283 g/mol. The third-order valence-electron chi connectivity index (χ3n) is 4.52. The predicted octanol–water partition coefficient (Wildman–Crippen LogP) is 2.34. The number of carbonyl (C=O) groups is 1. The first-order valence-electron chi connectivity index (χ1n) is 8.01. The van der Waals surface area contributed by atoms with Gasteiger partial charge in [0.05, 0.1) is 5.69 Å². The van der Waals surface area contributed by atoms with Crippen LogP contribution in [0.1, 0.15) is 25.7 Å². The maximum Gasteiger partial charge on any atom is 0.249 e. The molecule has 1 N–H and O–H groups in total. The van der Waals surface area contributed by atoms with E-state index in [0.29, 0.717) is 18.2 Å². The van der Waals surface area contributed by atoms with E-state index in [1.165, 1.54) is 6.07 Å². The van der Waals surface area contributed by atoms with E-state index in [-0.39, 0.29) is 23.9 Å². The van der Waals surface area contributed by atoms with Gasteiger partial charge in [0.2, 0.25) is 5.91 Å². The zero-order valence-corrected chi connectivity index (χ0v) is 12.9. The minimum absolute atomic E-state index is 0.0228. The predicted molar refractivity (Wildman–Crippen MR) is 83.3 cm³/mol. The molecule has 3 rings (SSSR count). The first-order valence-corrected chi connectivity index (χ1v) is 8.01. The van der Waals surface area contributed by atoms with Crippen LogP contribution in [0.15, 0.2) is 24.3 Å². The zero-order valence-electron chi connectivity index (χ0n) is 12.9. The van der Waals surface area contributed by atoms with Crippen molar-refractivity contribution in [1.82, 2.24) is 5.32 Å². The third-order valence-corrected chi connectivity index (χ3v) is 4.52. The van der Waals surface area contributed by atoms with Gasteiger partial charge in [-0.2, -0.15) is 0 Å². The zero-order chi connectivity index (χ0) is 15.5. The number of anilines is 1. The fourth-order valence-corrected chi connectivity index (χ4v) is 3.22. The molecule has 0 radical (unpaired) electrons. The van der Waals surface area contributed by atoms with Crippen molar-refractivity contribution in [1.29, 1.82) is 0 Å². The van der Waals surface area contributed by atoms with Crippen molar-refractivity contribution in [2.75, 3.05) is 25.1 Å². The van der Waals surface area contributed by atoms with Gasteiger partial charge in [0, 0.05) is 26.2 Å². The summed E-state index contributed by atoms with van der Waals surface area (Å²) in [6.07, 6.45) is 3.68. The number of nitrogens with one attached hydrogen (secondary N) is 1. The number of nitrogens with zero attached hydrogens (tertiary/aromatic N) is 1. The molecule has 1 amide bonds. The highest BCUT2D eigenvalue weighted by Gasteiger charge is 2.37. The van der Waals surface area contributed by atoms with Gasteiger partial charge in [0.15, 0.2) is 0 Å². The van der Waals surface area contributed by atoms with Crippen LogP contribution in [-0.2, 0) is 9.53 Å². The molecular formula is C17H23FN2O2. The molecule has 2 atom stereocenters. The van der Waals surface area contributed by atoms with Crippen LogP contribution >= 0.6 is 0 Å². The van der Waals surface area contributed by atoms with E-state index < -0.39 is 0 Å². The summed E-state index contributed by atoms with van der Waals surface area (Å²) in [6, 6.07) is 6.86. The van der Waals surface area contributed by atoms with Crippen molar-refractivity contribution in [3.8, 4) is 0 Å². The number of halogens is 1. The summed E-state index contributed by atoms with van der Waals surface area (Å²) < 4.78 is 19.2. The fourth-order valence-electron chi connectivity index (χ4n) is 3.22. The van der Waals surface area contributed by atoms with Gasteiger partial charge in [0.1, 0.15) is 11.9 Å². The molecule has 1 aromatic rings. The van der Waals surface area contributed by atoms with Crippen LogP contribution in [0.3, 0.4) is 0 Å². The van der Waals surface area contributed by atoms with Gasteiger partial charge < -0.3 is 15.0 Å². The Morgan fingerprint density at radius 2 is 2.14 bits per heavy atom. The average Bonchev–Trinajstić information content (AvgIpc) is 3.33. The quantitative estimate of drug-likeness (QED) is 0.908. The Balaban J connectivity index is 1.61. The molecule has 1 saturated carbocycles. The Kier molecular flexibility index (Phi) is 4.62. The Morgan fingerprint density at radius 3 is 2.82 bits per heavy atom. The van der Waals surface area contributed by atoms with Crippen molar-refractivity contribution in [2.24, 2.45) is 5.92 Å². The molecule has 4 nitrogen and oxygen atoms in total. The Bertz CT molecular complexity index is 533. The van der Waals surface area contributed by atoms with Crippen LogP contribution in [0.4, 0.5) is 10.1 Å². The van der Waals surface area contributed by atoms with Crippen LogP contribution < -0.4 is 10.2 Å². The summed E-state index contributed by atoms with van der Waals surface area (Å²) in [5, 5.41) is 3.08. The minimum atomic E-state index is -0.330. The normalized spacial score (nSPS) is 23.2. The lowest BCUT2D eigenvalue weighted by atomic mass is 10.0. The number of ether oxygens (including phenoxy) is 1. The van der Waals surface area contributed by atoms with Crippen LogP contribution in [0.2, 0.25) is 0 Å². The van der Waals surface area contributed by atoms with Gasteiger partial charge >= 0.3 is 0 Å². The molecule has 1 saturated heterocycles. The highest BCUT2D eigenvalue weighted by molar-refractivity contribution is 5.81. The second-order valence-electron chi connectivity index (χ2n) is 6.24. The lowest BCUT2D eigenvalue weighted by Crippen LogP contribution is -2.51. The maximum absolute atomic E-state index is 13.9. The van der Waals surface area contributed by atoms with Gasteiger partial charge in [-0.25, -0.2) is 4.39 Å². The van der Waals surface area contributed by atoms with E-state index in [0.717, 1.165) is 32.2 Å². The number of methoxy groups -OCH3 is 1. The summed E-state index contributed by atoms with van der Waals surface area (Å²) in [5.41, 5.74) is 0.618. The van der Waals surface area contributed by atoms with Crippen molar-refractivity contribution in [3.63, 3.8) is 0 Å². The molecule has 2 unspecified atom stereocenters. The smallest absolute Gasteiger partial charge is 0.249 e. The molecule has 1 aliphatic carbocycles. The fraction of sp³-hybridized carbons (Fsp3) is 0.588. The molecule has 2 fully saturated rings. The number of rotatable bonds is 5. The molecule has 22 heavy (non-hydrogen) atoms. The summed E-state index contributed by atoms with van der Waals surface area (Å²) in [6.45, 7) is 1.47. The summed E-state index contributed by atoms with van der Waals surface area (Å²) >= 11 is 0. The summed E-state index contributed by atoms with van der Waals surface area (Å²) in [7, 11) is 1.59. The van der Waals surface area contributed by atoms with Crippen LogP contribution in [0, 0.1) is 11.7 Å². The SMILES string of the molecule is COC(C(=O)NC1CCCN(c2ccccc2F)C1)C1CC1. The standard InChI is InChI=1S/C17H23FN2O2/c1-22-16(12-8-9-12)17(21)19-13-5-4-10-20(11-13)15-7-3-2-6-14(15)18/h2-3,6-7,12-13,16H,4-5,8-11H2,1H3,(H,19,21). The first-order chi connectivity index (χ1) is 10.7. The van der Waals surface area contributed by atoms with Gasteiger partial charge in [-0.1, -0.05) is 12.1 Å². The monoisotopic (exact) mass is 306 g/mol. The molecule has 1 aliphatic heterocycles. The van der Waals surface area contributed by atoms with E-state index in [4.69, 9.17) is 4.74 Å². The van der Waals surface area contributed by atoms with Gasteiger partial charge in [-0.3, -0.25) is 4.79 Å². The number of amides is 1. The second-order valence-corrected chi connectivity index (χ2v) is 6.24. The number of piperidine rings is 1. The van der Waals surface area contributed by atoms with Crippen molar-refractivity contribution >= 4 is 11.6 Å². The lowest BCUT2D eigenvalue weighted by Gasteiger charge is -2.35. The van der Waals surface area contributed by atoms with Gasteiger partial charge in [-0.05, 0) is 43.7 Å². The molecule has 120 valence electrons. The molecule has 2 aliphatic rings. The Labute approximate surface area is 130 Å². The van der Waals surface area contributed by atoms with Gasteiger partial charge in [0.25, 0.3) is 0 Å². The summed E-state index contributed by atoms with van der Waals surface area (Å²) in [4.78, 5) is 14.3. The van der Waals surface area contributed by atoms with E-state index in [1.54, 1.807) is 19.2 Å². The number of hydrogen-bond donors (Lipinski definition) is 1. The second kappa shape index (κ2) is 6.65. The lowest BCUT2D eigenvalue weighted by molar-refractivity contribution is -0.133. The molecule has 0 aromatic heterocycles. The highest BCUT2D eigenvalue weighted by atomic mass is 19.1. The van der Waals surface area contributed by atoms with Crippen molar-refractivity contribution in [2.45, 2.75) is 37.8 Å². The van der Waals surface area contributed by atoms with E-state index in [9.17, 15) is 9.18 Å². The van der Waals surface area contributed by atoms with Gasteiger partial charge in [-0.15, -0.1) is 0 Å². The number of para-hydroxylation sites is 1. The molecule has 1 aromatic carbocycles. The number of carbonyl (C=O) groups excluding carboxylic acids is 1. The first kappa shape index (κ1) is 15.3. The van der Waals surface area contributed by atoms with Crippen LogP contribution in [0.25, 0.3) is 0 Å². The van der Waals surface area contributed by atoms with Crippen molar-refractivity contribution < 1.29 is 13.9 Å². The molecule has 0 spiro atoms. The van der Waals surface area contributed by atoms with E-state index >= 15 is 0 Å². The van der Waals surface area contributed by atoms with Crippen LogP contribution in [-0.4, -0.2) is 38.3 Å². The largest absolute Gasteiger partial charge is 0.371 e. The summed E-state index contributed by atoms with van der Waals surface area (Å²) in [5.74, 6) is 0.142. The van der Waals surface area contributed by atoms with Crippen molar-refractivity contribution in [3.05, 3.63) is 30.1 Å². The average molecular weight is 306 g/mol. The van der Waals surface area contributed by atoms with E-state index in [1.807, 2.05) is 11.0 Å². The topological polar surface area (TPSA) is 41.6 Å². The third kappa shape index (κ3) is 3.40. The Hall–Kier alpha value is -1.62. The minimum Gasteiger partial charge on any atom is -0.371 e. The molecule has 5 heteroatoms. The number of benzene rings is 1. The maximum atomic E-state index is 13.9.